The number of oxime groups is 1. The zero-order valence-electron chi connectivity index (χ0n) is 30.6. The molecule has 2 aromatic carbocycles. The molecule has 2 atom stereocenters. The van der Waals surface area contributed by atoms with Crippen molar-refractivity contribution in [1.82, 2.24) is 30.8 Å². The summed E-state index contributed by atoms with van der Waals surface area (Å²) in [5.74, 6) is -6.33. The molecule has 1 fully saturated rings. The monoisotopic (exact) mass is 925 g/mol. The molecule has 0 radical (unpaired) electrons. The van der Waals surface area contributed by atoms with Gasteiger partial charge in [-0.1, -0.05) is 5.16 Å². The number of esters is 1. The van der Waals surface area contributed by atoms with Gasteiger partial charge in [-0.15, -0.1) is 40.4 Å². The van der Waals surface area contributed by atoms with E-state index in [4.69, 9.17) is 15.3 Å². The number of phenolic OH excluding ortho intramolecular Hbond substituents is 4. The number of nitrogen functional groups attached to an aromatic ring is 1. The number of carbonyl (C=O) groups excluding carboxylic acids is 3. The molecule has 27 heteroatoms. The number of hydrogen-bond acceptors (Lipinski definition) is 22. The molecular weight excluding hydrogens is 894 g/mol. The molecule has 0 unspecified atom stereocenters. The molecule has 1 saturated heterocycles. The topological polar surface area (TPSA) is 319 Å². The van der Waals surface area contributed by atoms with Crippen LogP contribution in [0.4, 0.5) is 5.13 Å². The van der Waals surface area contributed by atoms with Crippen molar-refractivity contribution in [1.29, 1.82) is 0 Å². The average Bonchev–Trinajstić information content (AvgIpc) is 3.83. The van der Waals surface area contributed by atoms with Crippen molar-refractivity contribution in [2.24, 2.45) is 10.1 Å². The SMILES string of the molecule is CC1=NC2=CN(COC(=O)c3ccc(O)c(O)c3)NN2C(SCC2=C(C(=O)O)N3C(=O)[C@@H](NC(=O)C(=NOCS(=O)(=O)c4ccc(O)c(O)c4)c4csc(N)n4)[C@H]3SC2)=C1.[NaH]. The number of anilines is 1. The Balaban J connectivity index is 0.00000622. The van der Waals surface area contributed by atoms with Crippen LogP contribution in [0.1, 0.15) is 23.0 Å². The van der Waals surface area contributed by atoms with Gasteiger partial charge in [-0.2, -0.15) is 0 Å². The van der Waals surface area contributed by atoms with Crippen LogP contribution in [0.15, 0.2) is 91.2 Å². The third kappa shape index (κ3) is 9.55. The Morgan fingerprint density at radius 2 is 1.82 bits per heavy atom. The molecule has 316 valence electrons. The average molecular weight is 926 g/mol. The number of carboxylic acids is 1. The number of nitrogens with one attached hydrogen (secondary N) is 2. The molecule has 9 N–H and O–H groups in total. The van der Waals surface area contributed by atoms with Crippen molar-refractivity contribution in [2.75, 3.05) is 29.9 Å². The normalized spacial score (nSPS) is 18.5. The number of thioether (sulfide) groups is 2. The van der Waals surface area contributed by atoms with E-state index >= 15 is 0 Å². The number of β-lactam (4-membered cyclic amide) rings is 1. The van der Waals surface area contributed by atoms with Gasteiger partial charge in [0.2, 0.25) is 15.8 Å². The van der Waals surface area contributed by atoms with E-state index in [9.17, 15) is 53.1 Å². The Morgan fingerprint density at radius 3 is 2.49 bits per heavy atom. The van der Waals surface area contributed by atoms with Crippen LogP contribution in [0, 0.1) is 0 Å². The number of hydrogen-bond donors (Lipinski definition) is 8. The van der Waals surface area contributed by atoms with E-state index in [0.29, 0.717) is 22.1 Å². The second-order valence-electron chi connectivity index (χ2n) is 12.8. The fourth-order valence-corrected chi connectivity index (χ4v) is 9.82. The molecule has 0 aliphatic carbocycles. The van der Waals surface area contributed by atoms with Crippen LogP contribution in [0.2, 0.25) is 0 Å². The molecule has 2 amide bonds. The van der Waals surface area contributed by atoms with Crippen molar-refractivity contribution in [3.05, 3.63) is 87.4 Å². The number of allylic oxidation sites excluding steroid dienone is 1. The Labute approximate surface area is 379 Å². The first-order chi connectivity index (χ1) is 28.5. The molecule has 0 spiro atoms. The van der Waals surface area contributed by atoms with Gasteiger partial charge in [-0.05, 0) is 48.9 Å². The van der Waals surface area contributed by atoms with Crippen LogP contribution in [-0.4, -0.2) is 154 Å². The van der Waals surface area contributed by atoms with E-state index in [1.807, 2.05) is 0 Å². The van der Waals surface area contributed by atoms with Gasteiger partial charge in [-0.25, -0.2) is 33.0 Å². The Bertz CT molecular complexity index is 2600. The van der Waals surface area contributed by atoms with Crippen molar-refractivity contribution in [3.63, 3.8) is 0 Å². The van der Waals surface area contributed by atoms with E-state index in [2.05, 4.69) is 26.0 Å². The van der Waals surface area contributed by atoms with Crippen molar-refractivity contribution >= 4 is 115 Å². The maximum atomic E-state index is 13.5. The molecule has 0 saturated carbocycles. The second kappa shape index (κ2) is 18.2. The van der Waals surface area contributed by atoms with E-state index in [0.717, 1.165) is 46.6 Å². The van der Waals surface area contributed by atoms with Gasteiger partial charge in [0.1, 0.15) is 22.8 Å². The summed E-state index contributed by atoms with van der Waals surface area (Å²) >= 11 is 3.40. The molecule has 4 aliphatic heterocycles. The zero-order chi connectivity index (χ0) is 43.0. The third-order valence-electron chi connectivity index (χ3n) is 8.70. The Hall–Kier alpha value is -5.48. The number of carbonyl (C=O) groups is 4. The van der Waals surface area contributed by atoms with Crippen LogP contribution >= 0.6 is 34.9 Å². The van der Waals surface area contributed by atoms with Crippen molar-refractivity contribution in [2.45, 2.75) is 23.2 Å². The van der Waals surface area contributed by atoms with Gasteiger partial charge >= 0.3 is 41.5 Å². The molecule has 1 aromatic heterocycles. The number of aromatic hydroxyl groups is 4. The number of ether oxygens (including phenoxy) is 1. The minimum atomic E-state index is -4.25. The Kier molecular flexibility index (Phi) is 13.5. The molecule has 5 heterocycles. The van der Waals surface area contributed by atoms with Crippen molar-refractivity contribution in [3.8, 4) is 23.0 Å². The number of carboxylic acid groups (broad SMARTS) is 1. The molecule has 7 rings (SSSR count). The number of aromatic nitrogens is 1. The first kappa shape index (κ1) is 45.1. The number of nitrogens with zero attached hydrogens (tertiary/aromatic N) is 6. The second-order valence-corrected chi connectivity index (χ2v) is 17.7. The van der Waals surface area contributed by atoms with Crippen LogP contribution < -0.4 is 16.6 Å². The quantitative estimate of drug-likeness (QED) is 0.0272. The van der Waals surface area contributed by atoms with E-state index in [1.54, 1.807) is 24.2 Å². The van der Waals surface area contributed by atoms with Gasteiger partial charge in [0.15, 0.2) is 46.4 Å². The van der Waals surface area contributed by atoms with Gasteiger partial charge in [0.05, 0.1) is 21.7 Å². The summed E-state index contributed by atoms with van der Waals surface area (Å²) in [5.41, 5.74) is 8.93. The molecule has 3 aromatic rings. The van der Waals surface area contributed by atoms with Crippen molar-refractivity contribution < 1.29 is 62.7 Å². The van der Waals surface area contributed by atoms with Gasteiger partial charge in [0, 0.05) is 28.7 Å². The molecule has 0 bridgehead atoms. The number of aliphatic imine (C=N–C) groups is 1. The molecule has 22 nitrogen and oxygen atoms in total. The van der Waals surface area contributed by atoms with Gasteiger partial charge < -0.3 is 46.2 Å². The summed E-state index contributed by atoms with van der Waals surface area (Å²) in [6, 6.07) is 5.10. The predicted molar refractivity (Wildman–Crippen MR) is 221 cm³/mol. The number of phenols is 4. The first-order valence-corrected chi connectivity index (χ1v) is 21.6. The van der Waals surface area contributed by atoms with E-state index < -0.39 is 84.6 Å². The number of rotatable bonds is 14. The summed E-state index contributed by atoms with van der Waals surface area (Å²) in [6.45, 7) is 1.48. The number of nitrogens with two attached hydrogens (primary N) is 1. The Morgan fingerprint density at radius 1 is 1.10 bits per heavy atom. The molecule has 61 heavy (non-hydrogen) atoms. The van der Waals surface area contributed by atoms with Gasteiger partial charge in [-0.3, -0.25) is 19.5 Å². The number of hydrazine groups is 2. The summed E-state index contributed by atoms with van der Waals surface area (Å²) in [4.78, 5) is 66.4. The van der Waals surface area contributed by atoms with E-state index in [1.165, 1.54) is 40.0 Å². The minimum absolute atomic E-state index is 0. The number of thiazole rings is 1. The van der Waals surface area contributed by atoms with Crippen LogP contribution in [0.3, 0.4) is 0 Å². The molecular formula is C34H32N9NaO13S4. The number of sulfone groups is 1. The summed E-state index contributed by atoms with van der Waals surface area (Å²) in [6.07, 6.45) is 3.32. The fourth-order valence-electron chi connectivity index (χ4n) is 5.83. The predicted octanol–water partition coefficient (Wildman–Crippen LogP) is 0.490. The van der Waals surface area contributed by atoms with Crippen LogP contribution in [0.25, 0.3) is 0 Å². The summed E-state index contributed by atoms with van der Waals surface area (Å²) in [7, 11) is -4.25. The first-order valence-electron chi connectivity index (χ1n) is 17.0. The van der Waals surface area contributed by atoms with Crippen LogP contribution in [-0.2, 0) is 33.8 Å². The summed E-state index contributed by atoms with van der Waals surface area (Å²) in [5, 5.41) is 59.1. The number of aliphatic carboxylic acids is 1. The van der Waals surface area contributed by atoms with Crippen LogP contribution in [0.5, 0.6) is 23.0 Å². The number of fused-ring (bicyclic) bond motifs is 2. The third-order valence-corrected chi connectivity index (χ3v) is 13.2. The zero-order valence-corrected chi connectivity index (χ0v) is 33.8. The maximum absolute atomic E-state index is 13.5. The standard InChI is InChI=1S/C34H31N9O13S4.Na.H/c1-15-6-25(43-24(36-15)9-41(40-43)13-55-33(52)16-2-4-20(44)22(46)7-16)57-10-17-11-58-31-27(30(49)42(31)28(17)32(50)51)38-29(48)26(19-12-59-34(35)37-19)39-56-14-60(53,54)18-3-5-21(45)23(47)8-18;;/h2-9,12,27,31,40,44-47H,10-11,13-14H2,1H3,(H2,35,37)(H,38,48)(H,50,51);;/t27-,31-;;/m1../s1. The summed E-state index contributed by atoms with van der Waals surface area (Å²) < 4.78 is 30.9. The van der Waals surface area contributed by atoms with E-state index in [-0.39, 0.29) is 69.9 Å². The number of amides is 2. The fraction of sp³-hybridized carbons (Fsp3) is 0.206. The molecule has 4 aliphatic rings. The van der Waals surface area contributed by atoms with Gasteiger partial charge in [0.25, 0.3) is 11.8 Å². The number of benzene rings is 2.